The van der Waals surface area contributed by atoms with Gasteiger partial charge in [-0.15, -0.1) is 0 Å². The molecule has 1 heterocycles. The highest BCUT2D eigenvalue weighted by molar-refractivity contribution is 5.66. The average molecular weight is 222 g/mol. The number of aryl methyl sites for hydroxylation is 1. The highest BCUT2D eigenvalue weighted by Gasteiger charge is 2.17. The largest absolute Gasteiger partial charge is 0.481 e. The fourth-order valence-corrected chi connectivity index (χ4v) is 2.41. The molecule has 1 aromatic heterocycles. The normalized spacial score (nSPS) is 16.8. The molecule has 2 rings (SSSR count). The summed E-state index contributed by atoms with van der Waals surface area (Å²) in [6.07, 6.45) is 7.79. The first-order valence-electron chi connectivity index (χ1n) is 5.98. The van der Waals surface area contributed by atoms with Gasteiger partial charge < -0.3 is 5.11 Å². The number of rotatable bonds is 5. The molecule has 0 radical (unpaired) electrons. The minimum absolute atomic E-state index is 0.191. The zero-order chi connectivity index (χ0) is 11.4. The number of hydrogen-bond acceptors (Lipinski definition) is 2. The second-order valence-electron chi connectivity index (χ2n) is 4.55. The fourth-order valence-electron chi connectivity index (χ4n) is 2.41. The first-order chi connectivity index (χ1) is 7.75. The smallest absolute Gasteiger partial charge is 0.303 e. The standard InChI is InChI=1S/C12H18N2O2/c15-12(16)6-5-11-7-8-13-14(11)9-10-3-1-2-4-10/h7-8,10H,1-6,9H2,(H,15,16). The Morgan fingerprint density at radius 2 is 2.25 bits per heavy atom. The average Bonchev–Trinajstić information content (AvgIpc) is 2.87. The maximum Gasteiger partial charge on any atom is 0.303 e. The Balaban J connectivity index is 1.92. The van der Waals surface area contributed by atoms with Crippen molar-refractivity contribution in [2.45, 2.75) is 45.1 Å². The Kier molecular flexibility index (Phi) is 3.59. The second kappa shape index (κ2) is 5.14. The van der Waals surface area contributed by atoms with Crippen LogP contribution in [0.3, 0.4) is 0 Å². The maximum atomic E-state index is 10.5. The number of carbonyl (C=O) groups is 1. The van der Waals surface area contributed by atoms with Gasteiger partial charge in [0.15, 0.2) is 0 Å². The van der Waals surface area contributed by atoms with Crippen LogP contribution in [-0.4, -0.2) is 20.9 Å². The summed E-state index contributed by atoms with van der Waals surface area (Å²) in [5.74, 6) is -0.00269. The van der Waals surface area contributed by atoms with Crippen LogP contribution in [0.25, 0.3) is 0 Å². The Morgan fingerprint density at radius 1 is 1.50 bits per heavy atom. The summed E-state index contributed by atoms with van der Waals surface area (Å²) in [6.45, 7) is 0.960. The van der Waals surface area contributed by atoms with Crippen molar-refractivity contribution in [3.05, 3.63) is 18.0 Å². The van der Waals surface area contributed by atoms with Gasteiger partial charge in [0.05, 0.1) is 6.42 Å². The fraction of sp³-hybridized carbons (Fsp3) is 0.667. The van der Waals surface area contributed by atoms with Crippen molar-refractivity contribution >= 4 is 5.97 Å². The molecule has 0 saturated heterocycles. The highest BCUT2D eigenvalue weighted by Crippen LogP contribution is 2.26. The van der Waals surface area contributed by atoms with Gasteiger partial charge in [0.1, 0.15) is 0 Å². The lowest BCUT2D eigenvalue weighted by Crippen LogP contribution is -2.12. The molecule has 1 aromatic rings. The van der Waals surface area contributed by atoms with Crippen LogP contribution in [0.5, 0.6) is 0 Å². The van der Waals surface area contributed by atoms with E-state index in [4.69, 9.17) is 5.11 Å². The van der Waals surface area contributed by atoms with Gasteiger partial charge in [-0.25, -0.2) is 0 Å². The van der Waals surface area contributed by atoms with Gasteiger partial charge >= 0.3 is 5.97 Å². The van der Waals surface area contributed by atoms with Crippen molar-refractivity contribution in [1.29, 1.82) is 0 Å². The van der Waals surface area contributed by atoms with Crippen LogP contribution in [0.2, 0.25) is 0 Å². The molecule has 0 unspecified atom stereocenters. The lowest BCUT2D eigenvalue weighted by molar-refractivity contribution is -0.136. The predicted molar refractivity (Wildman–Crippen MR) is 60.1 cm³/mol. The number of hydrogen-bond donors (Lipinski definition) is 1. The Labute approximate surface area is 95.3 Å². The molecule has 16 heavy (non-hydrogen) atoms. The zero-order valence-corrected chi connectivity index (χ0v) is 9.43. The van der Waals surface area contributed by atoms with Crippen LogP contribution in [-0.2, 0) is 17.8 Å². The van der Waals surface area contributed by atoms with Gasteiger partial charge in [-0.2, -0.15) is 5.10 Å². The minimum Gasteiger partial charge on any atom is -0.481 e. The van der Waals surface area contributed by atoms with E-state index in [9.17, 15) is 4.79 Å². The molecule has 0 atom stereocenters. The predicted octanol–water partition coefficient (Wildman–Crippen LogP) is 2.09. The van der Waals surface area contributed by atoms with E-state index < -0.39 is 5.97 Å². The molecule has 0 amide bonds. The molecule has 0 spiro atoms. The number of carboxylic acids is 1. The monoisotopic (exact) mass is 222 g/mol. The maximum absolute atomic E-state index is 10.5. The Hall–Kier alpha value is -1.32. The van der Waals surface area contributed by atoms with Crippen molar-refractivity contribution in [2.75, 3.05) is 0 Å². The summed E-state index contributed by atoms with van der Waals surface area (Å²) in [5.41, 5.74) is 1.05. The number of aliphatic carboxylic acids is 1. The van der Waals surface area contributed by atoms with E-state index in [1.54, 1.807) is 6.20 Å². The van der Waals surface area contributed by atoms with Crippen LogP contribution in [0.15, 0.2) is 12.3 Å². The lowest BCUT2D eigenvalue weighted by atomic mass is 10.1. The van der Waals surface area contributed by atoms with Crippen LogP contribution in [0.1, 0.15) is 37.8 Å². The van der Waals surface area contributed by atoms with Gasteiger partial charge in [0, 0.05) is 18.4 Å². The van der Waals surface area contributed by atoms with E-state index in [1.807, 2.05) is 10.7 Å². The molecule has 1 fully saturated rings. The molecule has 4 nitrogen and oxygen atoms in total. The molecule has 1 N–H and O–H groups in total. The van der Waals surface area contributed by atoms with Crippen LogP contribution < -0.4 is 0 Å². The molecule has 1 saturated carbocycles. The second-order valence-corrected chi connectivity index (χ2v) is 4.55. The van der Waals surface area contributed by atoms with Gasteiger partial charge in [0.2, 0.25) is 0 Å². The zero-order valence-electron chi connectivity index (χ0n) is 9.43. The summed E-state index contributed by atoms with van der Waals surface area (Å²) in [5, 5.41) is 12.9. The highest BCUT2D eigenvalue weighted by atomic mass is 16.4. The Bertz CT molecular complexity index is 354. The number of carboxylic acid groups (broad SMARTS) is 1. The molecule has 0 aliphatic heterocycles. The number of nitrogens with zero attached hydrogens (tertiary/aromatic N) is 2. The third-order valence-electron chi connectivity index (χ3n) is 3.31. The third kappa shape index (κ3) is 2.84. The van der Waals surface area contributed by atoms with Crippen molar-refractivity contribution in [3.8, 4) is 0 Å². The Morgan fingerprint density at radius 3 is 2.94 bits per heavy atom. The van der Waals surface area contributed by atoms with Crippen molar-refractivity contribution in [2.24, 2.45) is 5.92 Å². The van der Waals surface area contributed by atoms with Crippen LogP contribution in [0, 0.1) is 5.92 Å². The number of aromatic nitrogens is 2. The van der Waals surface area contributed by atoms with Crippen molar-refractivity contribution < 1.29 is 9.90 Å². The first kappa shape index (κ1) is 11.2. The molecule has 1 aliphatic carbocycles. The quantitative estimate of drug-likeness (QED) is 0.830. The summed E-state index contributed by atoms with van der Waals surface area (Å²) >= 11 is 0. The SMILES string of the molecule is O=C(O)CCc1ccnn1CC1CCCC1. The molecule has 4 heteroatoms. The molecule has 0 bridgehead atoms. The van der Waals surface area contributed by atoms with E-state index in [-0.39, 0.29) is 6.42 Å². The first-order valence-corrected chi connectivity index (χ1v) is 5.98. The van der Waals surface area contributed by atoms with E-state index in [0.29, 0.717) is 6.42 Å². The minimum atomic E-state index is -0.742. The molecule has 1 aliphatic rings. The van der Waals surface area contributed by atoms with Gasteiger partial charge in [-0.1, -0.05) is 12.8 Å². The summed E-state index contributed by atoms with van der Waals surface area (Å²) < 4.78 is 1.99. The molecular formula is C12H18N2O2. The van der Waals surface area contributed by atoms with E-state index in [0.717, 1.165) is 18.2 Å². The topological polar surface area (TPSA) is 55.1 Å². The summed E-state index contributed by atoms with van der Waals surface area (Å²) in [4.78, 5) is 10.5. The van der Waals surface area contributed by atoms with E-state index >= 15 is 0 Å². The summed E-state index contributed by atoms with van der Waals surface area (Å²) in [7, 11) is 0. The van der Waals surface area contributed by atoms with Gasteiger partial charge in [0.25, 0.3) is 0 Å². The summed E-state index contributed by atoms with van der Waals surface area (Å²) in [6, 6.07) is 1.93. The third-order valence-corrected chi connectivity index (χ3v) is 3.31. The van der Waals surface area contributed by atoms with E-state index in [2.05, 4.69) is 5.10 Å². The van der Waals surface area contributed by atoms with Crippen LogP contribution in [0.4, 0.5) is 0 Å². The molecule has 0 aromatic carbocycles. The van der Waals surface area contributed by atoms with Crippen molar-refractivity contribution in [3.63, 3.8) is 0 Å². The van der Waals surface area contributed by atoms with Crippen molar-refractivity contribution in [1.82, 2.24) is 9.78 Å². The van der Waals surface area contributed by atoms with E-state index in [1.165, 1.54) is 25.7 Å². The molecule has 88 valence electrons. The van der Waals surface area contributed by atoms with Gasteiger partial charge in [-0.05, 0) is 31.2 Å². The lowest BCUT2D eigenvalue weighted by Gasteiger charge is -2.11. The molecular weight excluding hydrogens is 204 g/mol. The van der Waals surface area contributed by atoms with Crippen LogP contribution >= 0.6 is 0 Å². The van der Waals surface area contributed by atoms with Gasteiger partial charge in [-0.3, -0.25) is 9.48 Å².